The lowest BCUT2D eigenvalue weighted by Crippen LogP contribution is -2.47. The van der Waals surface area contributed by atoms with Gasteiger partial charge in [0.1, 0.15) is 17.1 Å². The van der Waals surface area contributed by atoms with Crippen LogP contribution in [0.1, 0.15) is 44.2 Å². The monoisotopic (exact) mass is 494 g/mol. The molecule has 1 saturated heterocycles. The number of rotatable bonds is 6. The third-order valence-corrected chi connectivity index (χ3v) is 6.59. The number of aliphatic carboxylic acids is 1. The zero-order valence-electron chi connectivity index (χ0n) is 21.5. The summed E-state index contributed by atoms with van der Waals surface area (Å²) in [5.74, 6) is -0.390. The van der Waals surface area contributed by atoms with Crippen LogP contribution in [0.4, 0.5) is 4.79 Å². The Kier molecular flexibility index (Phi) is 7.15. The second-order valence-electron chi connectivity index (χ2n) is 10.2. The number of amides is 1. The van der Waals surface area contributed by atoms with Crippen LogP contribution >= 0.6 is 0 Å². The molecule has 8 heteroatoms. The van der Waals surface area contributed by atoms with Gasteiger partial charge in [-0.15, -0.1) is 0 Å². The molecule has 1 amide bonds. The number of piperidine rings is 1. The van der Waals surface area contributed by atoms with Crippen molar-refractivity contribution in [3.8, 4) is 11.5 Å². The summed E-state index contributed by atoms with van der Waals surface area (Å²) in [6.07, 6.45) is 2.10. The molecule has 0 radical (unpaired) electrons. The maximum atomic E-state index is 12.6. The second-order valence-corrected chi connectivity index (χ2v) is 10.2. The van der Waals surface area contributed by atoms with Gasteiger partial charge in [-0.1, -0.05) is 12.1 Å². The van der Waals surface area contributed by atoms with Crippen LogP contribution < -0.4 is 9.47 Å². The molecule has 0 aliphatic carbocycles. The van der Waals surface area contributed by atoms with Crippen LogP contribution in [0.5, 0.6) is 11.5 Å². The first-order valence-electron chi connectivity index (χ1n) is 12.1. The summed E-state index contributed by atoms with van der Waals surface area (Å²) in [6.45, 7) is 6.59. The maximum Gasteiger partial charge on any atom is 0.410 e. The van der Waals surface area contributed by atoms with Crippen LogP contribution in [0.25, 0.3) is 10.9 Å². The number of carboxylic acid groups (broad SMARTS) is 1. The summed E-state index contributed by atoms with van der Waals surface area (Å²) in [7, 11) is 3.26. The van der Waals surface area contributed by atoms with Crippen molar-refractivity contribution >= 4 is 23.0 Å². The van der Waals surface area contributed by atoms with E-state index in [4.69, 9.17) is 14.2 Å². The molecule has 1 aliphatic heterocycles. The predicted molar refractivity (Wildman–Crippen MR) is 137 cm³/mol. The molecule has 2 atom stereocenters. The Morgan fingerprint density at radius 2 is 1.75 bits per heavy atom. The lowest BCUT2D eigenvalue weighted by molar-refractivity contribution is -0.144. The molecule has 1 fully saturated rings. The minimum Gasteiger partial charge on any atom is -0.497 e. The minimum atomic E-state index is -0.909. The zero-order chi connectivity index (χ0) is 26.0. The van der Waals surface area contributed by atoms with Gasteiger partial charge in [-0.25, -0.2) is 4.79 Å². The number of fused-ring (bicyclic) bond motifs is 1. The topological polar surface area (TPSA) is 90.2 Å². The summed E-state index contributed by atoms with van der Waals surface area (Å²) in [5.41, 5.74) is 2.41. The number of hydrogen-bond acceptors (Lipinski definition) is 5. The number of hydrogen-bond donors (Lipinski definition) is 1. The van der Waals surface area contributed by atoms with Gasteiger partial charge in [-0.2, -0.15) is 0 Å². The lowest BCUT2D eigenvalue weighted by atomic mass is 9.79. The minimum absolute atomic E-state index is 0.121. The van der Waals surface area contributed by atoms with Crippen molar-refractivity contribution < 1.29 is 28.9 Å². The standard InChI is InChI=1S/C28H34N2O6/c1-28(2,3)36-27(33)30-12-9-22(24(17-30)26(31)32)21-7-6-8-25-23(21)10-11-29(25)16-18-13-19(34-4)15-20(14-18)35-5/h6-8,10-11,13-15,22,24H,9,12,16-17H2,1-5H3,(H,31,32)/t22-,24+/m1/s1. The van der Waals surface area contributed by atoms with Crippen molar-refractivity contribution in [3.05, 3.63) is 59.8 Å². The molecule has 8 nitrogen and oxygen atoms in total. The zero-order valence-corrected chi connectivity index (χ0v) is 21.5. The Morgan fingerprint density at radius 3 is 2.36 bits per heavy atom. The number of nitrogens with zero attached hydrogens (tertiary/aromatic N) is 2. The summed E-state index contributed by atoms with van der Waals surface area (Å²) in [6, 6.07) is 13.9. The molecule has 0 bridgehead atoms. The third kappa shape index (κ3) is 5.42. The van der Waals surface area contributed by atoms with E-state index in [1.807, 2.05) is 48.7 Å². The number of carboxylic acids is 1. The van der Waals surface area contributed by atoms with Crippen LogP contribution in [0.3, 0.4) is 0 Å². The lowest BCUT2D eigenvalue weighted by Gasteiger charge is -2.37. The molecule has 3 aromatic rings. The molecule has 4 rings (SSSR count). The van der Waals surface area contributed by atoms with Crippen molar-refractivity contribution in [2.24, 2.45) is 5.92 Å². The molecule has 192 valence electrons. The maximum absolute atomic E-state index is 12.6. The summed E-state index contributed by atoms with van der Waals surface area (Å²) < 4.78 is 18.4. The van der Waals surface area contributed by atoms with E-state index < -0.39 is 23.6 Å². The molecular weight excluding hydrogens is 460 g/mol. The molecular formula is C28H34N2O6. The molecule has 2 heterocycles. The van der Waals surface area contributed by atoms with Crippen molar-refractivity contribution in [2.75, 3.05) is 27.3 Å². The highest BCUT2D eigenvalue weighted by Gasteiger charge is 2.39. The Hall–Kier alpha value is -3.68. The van der Waals surface area contributed by atoms with E-state index >= 15 is 0 Å². The highest BCUT2D eigenvalue weighted by Crippen LogP contribution is 2.38. The van der Waals surface area contributed by atoms with E-state index in [-0.39, 0.29) is 12.5 Å². The average molecular weight is 495 g/mol. The first-order chi connectivity index (χ1) is 17.1. The molecule has 0 spiro atoms. The number of methoxy groups -OCH3 is 2. The van der Waals surface area contributed by atoms with Crippen LogP contribution in [0.2, 0.25) is 0 Å². The van der Waals surface area contributed by atoms with Gasteiger partial charge in [-0.3, -0.25) is 4.79 Å². The number of carbonyl (C=O) groups excluding carboxylic acids is 1. The third-order valence-electron chi connectivity index (χ3n) is 6.59. The van der Waals surface area contributed by atoms with E-state index in [2.05, 4.69) is 4.57 Å². The van der Waals surface area contributed by atoms with Crippen LogP contribution in [0.15, 0.2) is 48.7 Å². The van der Waals surface area contributed by atoms with Crippen molar-refractivity contribution in [2.45, 2.75) is 45.3 Å². The quantitative estimate of drug-likeness (QED) is 0.511. The average Bonchev–Trinajstić information content (AvgIpc) is 3.25. The van der Waals surface area contributed by atoms with Gasteiger partial charge in [0.05, 0.1) is 20.1 Å². The normalized spacial score (nSPS) is 18.2. The largest absolute Gasteiger partial charge is 0.497 e. The molecule has 1 aliphatic rings. The Labute approximate surface area is 211 Å². The SMILES string of the molecule is COc1cc(Cn2ccc3c([C@H]4CCN(C(=O)OC(C)(C)C)C[C@@H]4C(=O)O)cccc32)cc(OC)c1. The van der Waals surface area contributed by atoms with Crippen molar-refractivity contribution in [3.63, 3.8) is 0 Å². The van der Waals surface area contributed by atoms with E-state index in [1.165, 1.54) is 4.90 Å². The fourth-order valence-electron chi connectivity index (χ4n) is 4.93. The van der Waals surface area contributed by atoms with E-state index in [0.29, 0.717) is 19.5 Å². The molecule has 1 N–H and O–H groups in total. The van der Waals surface area contributed by atoms with E-state index in [1.54, 1.807) is 35.0 Å². The number of ether oxygens (including phenoxy) is 3. The summed E-state index contributed by atoms with van der Waals surface area (Å²) in [5, 5.41) is 11.1. The molecule has 36 heavy (non-hydrogen) atoms. The molecule has 0 unspecified atom stereocenters. The van der Waals surface area contributed by atoms with Gasteiger partial charge in [0, 0.05) is 48.7 Å². The number of benzene rings is 2. The highest BCUT2D eigenvalue weighted by atomic mass is 16.6. The smallest absolute Gasteiger partial charge is 0.410 e. The van der Waals surface area contributed by atoms with E-state index in [9.17, 15) is 14.7 Å². The Bertz CT molecular complexity index is 1240. The summed E-state index contributed by atoms with van der Waals surface area (Å²) in [4.78, 5) is 26.4. The van der Waals surface area contributed by atoms with Gasteiger partial charge in [0.15, 0.2) is 0 Å². The van der Waals surface area contributed by atoms with Crippen LogP contribution in [0, 0.1) is 5.92 Å². The van der Waals surface area contributed by atoms with Crippen molar-refractivity contribution in [1.82, 2.24) is 9.47 Å². The first kappa shape index (κ1) is 25.4. The number of carbonyl (C=O) groups is 2. The molecule has 1 aromatic heterocycles. The van der Waals surface area contributed by atoms with Gasteiger partial charge in [-0.05, 0) is 62.6 Å². The van der Waals surface area contributed by atoms with Gasteiger partial charge in [0.25, 0.3) is 0 Å². The summed E-state index contributed by atoms with van der Waals surface area (Å²) >= 11 is 0. The van der Waals surface area contributed by atoms with Gasteiger partial charge < -0.3 is 28.8 Å². The van der Waals surface area contributed by atoms with E-state index in [0.717, 1.165) is 33.5 Å². The van der Waals surface area contributed by atoms with Crippen molar-refractivity contribution in [1.29, 1.82) is 0 Å². The Balaban J connectivity index is 1.62. The fraction of sp³-hybridized carbons (Fsp3) is 0.429. The first-order valence-corrected chi connectivity index (χ1v) is 12.1. The molecule has 2 aromatic carbocycles. The van der Waals surface area contributed by atoms with Gasteiger partial charge >= 0.3 is 12.1 Å². The second kappa shape index (κ2) is 10.1. The fourth-order valence-corrected chi connectivity index (χ4v) is 4.93. The van der Waals surface area contributed by atoms with Gasteiger partial charge in [0.2, 0.25) is 0 Å². The number of aromatic nitrogens is 1. The van der Waals surface area contributed by atoms with Crippen LogP contribution in [-0.2, 0) is 16.1 Å². The highest BCUT2D eigenvalue weighted by molar-refractivity contribution is 5.85. The predicted octanol–water partition coefficient (Wildman–Crippen LogP) is 5.13. The number of likely N-dealkylation sites (tertiary alicyclic amines) is 1. The Morgan fingerprint density at radius 1 is 1.06 bits per heavy atom. The van der Waals surface area contributed by atoms with Crippen LogP contribution in [-0.4, -0.2) is 59.5 Å². The molecule has 0 saturated carbocycles.